The van der Waals surface area contributed by atoms with Crippen molar-refractivity contribution in [3.63, 3.8) is 0 Å². The number of thioether (sulfide) groups is 1. The molecule has 0 bridgehead atoms. The van der Waals surface area contributed by atoms with Gasteiger partial charge in [0.25, 0.3) is 5.91 Å². The number of pyridine rings is 1. The third-order valence-electron chi connectivity index (χ3n) is 2.98. The molecule has 0 aliphatic carbocycles. The highest BCUT2D eigenvalue weighted by molar-refractivity contribution is 7.98. The van der Waals surface area contributed by atoms with Crippen LogP contribution in [0.2, 0.25) is 0 Å². The quantitative estimate of drug-likeness (QED) is 0.850. The first-order valence-electron chi connectivity index (χ1n) is 6.24. The zero-order valence-corrected chi connectivity index (χ0v) is 12.2. The zero-order chi connectivity index (χ0) is 14.5. The number of H-pyrrole nitrogens is 1. The smallest absolute Gasteiger partial charge is 0.268 e. The molecule has 4 nitrogen and oxygen atoms in total. The highest BCUT2D eigenvalue weighted by Crippen LogP contribution is 2.19. The molecule has 0 spiro atoms. The van der Waals surface area contributed by atoms with Gasteiger partial charge in [0.2, 0.25) is 5.56 Å². The van der Waals surface area contributed by atoms with Gasteiger partial charge in [-0.2, -0.15) is 0 Å². The number of hydrogen-bond acceptors (Lipinski definition) is 3. The van der Waals surface area contributed by atoms with Gasteiger partial charge in [-0.05, 0) is 36.9 Å². The second-order valence-corrected chi connectivity index (χ2v) is 5.28. The molecule has 0 fully saturated rings. The maximum absolute atomic E-state index is 12.0. The molecule has 1 unspecified atom stereocenters. The van der Waals surface area contributed by atoms with Crippen LogP contribution in [0.15, 0.2) is 52.2 Å². The Kier molecular flexibility index (Phi) is 4.63. The zero-order valence-electron chi connectivity index (χ0n) is 11.3. The summed E-state index contributed by atoms with van der Waals surface area (Å²) in [5, 5.41) is 2.86. The molecule has 1 heterocycles. The van der Waals surface area contributed by atoms with E-state index in [-0.39, 0.29) is 23.2 Å². The van der Waals surface area contributed by atoms with Gasteiger partial charge < -0.3 is 10.3 Å². The monoisotopic (exact) mass is 288 g/mol. The lowest BCUT2D eigenvalue weighted by Gasteiger charge is -2.14. The van der Waals surface area contributed by atoms with Crippen molar-refractivity contribution in [1.29, 1.82) is 0 Å². The maximum Gasteiger partial charge on any atom is 0.268 e. The number of aromatic amines is 1. The fourth-order valence-electron chi connectivity index (χ4n) is 1.83. The molecule has 2 rings (SSSR count). The van der Waals surface area contributed by atoms with E-state index in [2.05, 4.69) is 10.3 Å². The SMILES string of the molecule is CSc1ccc(C(C)NC(=O)c2cccc(=O)[nH]2)cc1. The van der Waals surface area contributed by atoms with Crippen molar-refractivity contribution >= 4 is 17.7 Å². The summed E-state index contributed by atoms with van der Waals surface area (Å²) >= 11 is 1.67. The lowest BCUT2D eigenvalue weighted by Crippen LogP contribution is -2.28. The first-order chi connectivity index (χ1) is 9.60. The van der Waals surface area contributed by atoms with Crippen molar-refractivity contribution in [2.45, 2.75) is 17.9 Å². The molecule has 0 saturated heterocycles. The van der Waals surface area contributed by atoms with Crippen molar-refractivity contribution in [2.75, 3.05) is 6.26 Å². The molecule has 104 valence electrons. The van der Waals surface area contributed by atoms with Gasteiger partial charge in [0.1, 0.15) is 5.69 Å². The number of hydrogen-bond donors (Lipinski definition) is 2. The van der Waals surface area contributed by atoms with Crippen LogP contribution >= 0.6 is 11.8 Å². The van der Waals surface area contributed by atoms with Crippen LogP contribution in [0.25, 0.3) is 0 Å². The van der Waals surface area contributed by atoms with Gasteiger partial charge in [-0.1, -0.05) is 18.2 Å². The third kappa shape index (κ3) is 3.51. The molecule has 1 amide bonds. The average Bonchev–Trinajstić information content (AvgIpc) is 2.47. The maximum atomic E-state index is 12.0. The van der Waals surface area contributed by atoms with E-state index in [4.69, 9.17) is 0 Å². The first kappa shape index (κ1) is 14.4. The molecule has 1 atom stereocenters. The van der Waals surface area contributed by atoms with Crippen molar-refractivity contribution < 1.29 is 4.79 Å². The summed E-state index contributed by atoms with van der Waals surface area (Å²) in [6.45, 7) is 1.91. The van der Waals surface area contributed by atoms with Gasteiger partial charge in [-0.15, -0.1) is 11.8 Å². The Morgan fingerprint density at radius 2 is 1.90 bits per heavy atom. The largest absolute Gasteiger partial charge is 0.344 e. The van der Waals surface area contributed by atoms with Crippen LogP contribution in [0.5, 0.6) is 0 Å². The topological polar surface area (TPSA) is 62.0 Å². The van der Waals surface area contributed by atoms with Gasteiger partial charge >= 0.3 is 0 Å². The van der Waals surface area contributed by atoms with Gasteiger partial charge in [0, 0.05) is 11.0 Å². The van der Waals surface area contributed by atoms with Crippen molar-refractivity contribution in [2.24, 2.45) is 0 Å². The number of amides is 1. The predicted octanol–water partition coefficient (Wildman–Crippen LogP) is 2.59. The number of carbonyl (C=O) groups is 1. The number of benzene rings is 1. The van der Waals surface area contributed by atoms with Crippen molar-refractivity contribution in [3.05, 3.63) is 64.1 Å². The van der Waals surface area contributed by atoms with E-state index < -0.39 is 0 Å². The highest BCUT2D eigenvalue weighted by Gasteiger charge is 2.11. The van der Waals surface area contributed by atoms with Crippen LogP contribution in [-0.4, -0.2) is 17.1 Å². The van der Waals surface area contributed by atoms with E-state index in [1.165, 1.54) is 11.0 Å². The van der Waals surface area contributed by atoms with Crippen LogP contribution in [0, 0.1) is 0 Å². The minimum atomic E-state index is -0.288. The Labute approximate surface area is 121 Å². The number of nitrogens with one attached hydrogen (secondary N) is 2. The summed E-state index contributed by atoms with van der Waals surface area (Å²) in [5.41, 5.74) is 1.01. The summed E-state index contributed by atoms with van der Waals surface area (Å²) in [5.74, 6) is -0.288. The van der Waals surface area contributed by atoms with Crippen LogP contribution in [0.1, 0.15) is 29.0 Å². The molecule has 0 saturated carbocycles. The first-order valence-corrected chi connectivity index (χ1v) is 7.47. The Balaban J connectivity index is 2.08. The highest BCUT2D eigenvalue weighted by atomic mass is 32.2. The summed E-state index contributed by atoms with van der Waals surface area (Å²) in [6, 6.07) is 12.4. The van der Waals surface area contributed by atoms with Gasteiger partial charge in [0.05, 0.1) is 6.04 Å². The Hall–Kier alpha value is -2.01. The molecule has 20 heavy (non-hydrogen) atoms. The van der Waals surface area contributed by atoms with E-state index >= 15 is 0 Å². The van der Waals surface area contributed by atoms with E-state index in [1.54, 1.807) is 23.9 Å². The minimum absolute atomic E-state index is 0.123. The predicted molar refractivity (Wildman–Crippen MR) is 81.2 cm³/mol. The van der Waals surface area contributed by atoms with E-state index in [1.807, 2.05) is 37.4 Å². The van der Waals surface area contributed by atoms with Crippen LogP contribution in [0.4, 0.5) is 0 Å². The Morgan fingerprint density at radius 3 is 2.50 bits per heavy atom. The fraction of sp³-hybridized carbons (Fsp3) is 0.200. The molecule has 5 heteroatoms. The van der Waals surface area contributed by atoms with Gasteiger partial charge in [-0.3, -0.25) is 9.59 Å². The summed E-state index contributed by atoms with van der Waals surface area (Å²) in [6.07, 6.45) is 2.02. The minimum Gasteiger partial charge on any atom is -0.344 e. The summed E-state index contributed by atoms with van der Waals surface area (Å²) in [7, 11) is 0. The fourth-order valence-corrected chi connectivity index (χ4v) is 2.24. The molecule has 1 aromatic carbocycles. The summed E-state index contributed by atoms with van der Waals surface area (Å²) < 4.78 is 0. The molecule has 0 radical (unpaired) electrons. The third-order valence-corrected chi connectivity index (χ3v) is 3.72. The second kappa shape index (κ2) is 6.43. The summed E-state index contributed by atoms with van der Waals surface area (Å²) in [4.78, 5) is 26.9. The van der Waals surface area contributed by atoms with Crippen LogP contribution in [0.3, 0.4) is 0 Å². The molecule has 2 N–H and O–H groups in total. The normalized spacial score (nSPS) is 11.9. The second-order valence-electron chi connectivity index (χ2n) is 4.40. The van der Waals surface area contributed by atoms with Crippen LogP contribution in [-0.2, 0) is 0 Å². The lowest BCUT2D eigenvalue weighted by molar-refractivity contribution is 0.0934. The molecule has 0 aliphatic heterocycles. The number of aromatic nitrogens is 1. The van der Waals surface area contributed by atoms with E-state index in [0.717, 1.165) is 5.56 Å². The molecular formula is C15H16N2O2S. The standard InChI is InChI=1S/C15H16N2O2S/c1-10(11-6-8-12(20-2)9-7-11)16-15(19)13-4-3-5-14(18)17-13/h3-10H,1-2H3,(H,16,19)(H,17,18). The molecule has 2 aromatic rings. The van der Waals surface area contributed by atoms with Gasteiger partial charge in [0.15, 0.2) is 0 Å². The van der Waals surface area contributed by atoms with Crippen molar-refractivity contribution in [3.8, 4) is 0 Å². The van der Waals surface area contributed by atoms with Crippen LogP contribution < -0.4 is 10.9 Å². The Bertz CT molecular complexity index is 649. The molecular weight excluding hydrogens is 272 g/mol. The number of carbonyl (C=O) groups excluding carboxylic acids is 1. The average molecular weight is 288 g/mol. The van der Waals surface area contributed by atoms with E-state index in [0.29, 0.717) is 0 Å². The lowest BCUT2D eigenvalue weighted by atomic mass is 10.1. The molecule has 0 aliphatic rings. The van der Waals surface area contributed by atoms with Gasteiger partial charge in [-0.25, -0.2) is 0 Å². The molecule has 1 aromatic heterocycles. The van der Waals surface area contributed by atoms with E-state index in [9.17, 15) is 9.59 Å². The number of rotatable bonds is 4. The Morgan fingerprint density at radius 1 is 1.20 bits per heavy atom. The van der Waals surface area contributed by atoms with Crippen molar-refractivity contribution in [1.82, 2.24) is 10.3 Å².